The summed E-state index contributed by atoms with van der Waals surface area (Å²) in [5.74, 6) is -12.6. The van der Waals surface area contributed by atoms with Crippen molar-refractivity contribution >= 4 is 5.97 Å². The molecule has 1 aromatic rings. The lowest BCUT2D eigenvalue weighted by atomic mass is 10.0. The SMILES string of the molecule is CCCCC(CC)COC(=O)c1c(F)c(F)c(F)c(F)c1F. The number of esters is 1. The molecule has 0 radical (unpaired) electrons. The third-order valence-electron chi connectivity index (χ3n) is 3.41. The van der Waals surface area contributed by atoms with Crippen LogP contribution in [0.5, 0.6) is 0 Å². The van der Waals surface area contributed by atoms with E-state index in [9.17, 15) is 26.7 Å². The van der Waals surface area contributed by atoms with Crippen molar-refractivity contribution in [1.82, 2.24) is 0 Å². The van der Waals surface area contributed by atoms with Crippen LogP contribution < -0.4 is 0 Å². The second kappa shape index (κ2) is 8.10. The molecule has 22 heavy (non-hydrogen) atoms. The first kappa shape index (κ1) is 18.4. The third kappa shape index (κ3) is 3.96. The minimum Gasteiger partial charge on any atom is -0.462 e. The molecule has 0 spiro atoms. The molecule has 0 saturated heterocycles. The van der Waals surface area contributed by atoms with Crippen LogP contribution >= 0.6 is 0 Å². The first-order valence-corrected chi connectivity index (χ1v) is 7.03. The number of rotatable bonds is 7. The summed E-state index contributed by atoms with van der Waals surface area (Å²) in [4.78, 5) is 11.6. The second-order valence-corrected chi connectivity index (χ2v) is 4.96. The summed E-state index contributed by atoms with van der Waals surface area (Å²) in [5, 5.41) is 0. The zero-order chi connectivity index (χ0) is 16.9. The van der Waals surface area contributed by atoms with Crippen molar-refractivity contribution in [2.45, 2.75) is 39.5 Å². The predicted octanol–water partition coefficient (Wildman–Crippen LogP) is 4.76. The summed E-state index contributed by atoms with van der Waals surface area (Å²) < 4.78 is 70.5. The zero-order valence-electron chi connectivity index (χ0n) is 12.3. The Balaban J connectivity index is 2.91. The van der Waals surface area contributed by atoms with Gasteiger partial charge in [-0.25, -0.2) is 26.7 Å². The van der Waals surface area contributed by atoms with Gasteiger partial charge in [0.05, 0.1) is 6.61 Å². The van der Waals surface area contributed by atoms with Gasteiger partial charge in [-0.2, -0.15) is 0 Å². The molecular formula is C15H17F5O2. The van der Waals surface area contributed by atoms with Crippen LogP contribution in [0.2, 0.25) is 0 Å². The number of carbonyl (C=O) groups excluding carboxylic acids is 1. The van der Waals surface area contributed by atoms with Crippen LogP contribution in [0.4, 0.5) is 22.0 Å². The number of halogens is 5. The second-order valence-electron chi connectivity index (χ2n) is 4.96. The lowest BCUT2D eigenvalue weighted by molar-refractivity contribution is 0.0413. The Hall–Kier alpha value is -1.66. The minimum atomic E-state index is -2.30. The fraction of sp³-hybridized carbons (Fsp3) is 0.533. The monoisotopic (exact) mass is 324 g/mol. The highest BCUT2D eigenvalue weighted by Gasteiger charge is 2.30. The predicted molar refractivity (Wildman–Crippen MR) is 69.8 cm³/mol. The van der Waals surface area contributed by atoms with E-state index in [4.69, 9.17) is 4.74 Å². The van der Waals surface area contributed by atoms with Gasteiger partial charge in [-0.3, -0.25) is 0 Å². The van der Waals surface area contributed by atoms with Gasteiger partial charge < -0.3 is 4.74 Å². The van der Waals surface area contributed by atoms with Gasteiger partial charge in [0.25, 0.3) is 0 Å². The Morgan fingerprint density at radius 1 is 0.955 bits per heavy atom. The van der Waals surface area contributed by atoms with E-state index in [1.165, 1.54) is 0 Å². The van der Waals surface area contributed by atoms with Crippen LogP contribution in [0.25, 0.3) is 0 Å². The van der Waals surface area contributed by atoms with E-state index in [0.29, 0.717) is 6.42 Å². The number of carbonyl (C=O) groups is 1. The molecule has 0 bridgehead atoms. The molecule has 0 fully saturated rings. The topological polar surface area (TPSA) is 26.3 Å². The maximum absolute atomic E-state index is 13.4. The molecule has 0 aliphatic heterocycles. The van der Waals surface area contributed by atoms with Gasteiger partial charge in [-0.15, -0.1) is 0 Å². The van der Waals surface area contributed by atoms with E-state index in [0.717, 1.165) is 19.3 Å². The van der Waals surface area contributed by atoms with Gasteiger partial charge in [0.2, 0.25) is 5.82 Å². The van der Waals surface area contributed by atoms with Crippen molar-refractivity contribution < 1.29 is 31.5 Å². The molecular weight excluding hydrogens is 307 g/mol. The highest BCUT2D eigenvalue weighted by molar-refractivity contribution is 5.90. The van der Waals surface area contributed by atoms with E-state index >= 15 is 0 Å². The number of hydrogen-bond acceptors (Lipinski definition) is 2. The lowest BCUT2D eigenvalue weighted by Crippen LogP contribution is -2.18. The maximum atomic E-state index is 13.4. The van der Waals surface area contributed by atoms with E-state index in [1.807, 2.05) is 13.8 Å². The number of ether oxygens (including phenoxy) is 1. The molecule has 0 heterocycles. The van der Waals surface area contributed by atoms with E-state index in [2.05, 4.69) is 0 Å². The molecule has 2 nitrogen and oxygen atoms in total. The summed E-state index contributed by atoms with van der Waals surface area (Å²) in [6.45, 7) is 3.70. The molecule has 0 saturated carbocycles. The summed E-state index contributed by atoms with van der Waals surface area (Å²) in [6, 6.07) is 0. The van der Waals surface area contributed by atoms with Crippen molar-refractivity contribution in [3.63, 3.8) is 0 Å². The Kier molecular flexibility index (Phi) is 6.77. The van der Waals surface area contributed by atoms with Gasteiger partial charge in [0.1, 0.15) is 5.56 Å². The summed E-state index contributed by atoms with van der Waals surface area (Å²) in [5.41, 5.74) is -1.55. The zero-order valence-corrected chi connectivity index (χ0v) is 12.3. The smallest absolute Gasteiger partial charge is 0.344 e. The average molecular weight is 324 g/mol. The van der Waals surface area contributed by atoms with Crippen LogP contribution in [0.15, 0.2) is 0 Å². The number of benzene rings is 1. The average Bonchev–Trinajstić information content (AvgIpc) is 2.51. The van der Waals surface area contributed by atoms with Gasteiger partial charge >= 0.3 is 5.97 Å². The first-order valence-electron chi connectivity index (χ1n) is 7.03. The van der Waals surface area contributed by atoms with E-state index in [1.54, 1.807) is 0 Å². The Labute approximate surface area is 125 Å². The van der Waals surface area contributed by atoms with Crippen LogP contribution in [0.1, 0.15) is 49.9 Å². The largest absolute Gasteiger partial charge is 0.462 e. The van der Waals surface area contributed by atoms with Gasteiger partial charge in [-0.1, -0.05) is 33.1 Å². The van der Waals surface area contributed by atoms with Crippen LogP contribution in [0.3, 0.4) is 0 Å². The summed E-state index contributed by atoms with van der Waals surface area (Å²) >= 11 is 0. The molecule has 1 rings (SSSR count). The molecule has 0 amide bonds. The normalized spacial score (nSPS) is 12.3. The van der Waals surface area contributed by atoms with Crippen LogP contribution in [0, 0.1) is 35.0 Å². The minimum absolute atomic E-state index is 0.0230. The van der Waals surface area contributed by atoms with Crippen LogP contribution in [-0.2, 0) is 4.74 Å². The first-order chi connectivity index (χ1) is 10.3. The molecule has 1 aromatic carbocycles. The highest BCUT2D eigenvalue weighted by Crippen LogP contribution is 2.24. The Morgan fingerprint density at radius 2 is 1.45 bits per heavy atom. The van der Waals surface area contributed by atoms with Gasteiger partial charge in [-0.05, 0) is 12.3 Å². The van der Waals surface area contributed by atoms with E-state index < -0.39 is 40.6 Å². The van der Waals surface area contributed by atoms with Crippen molar-refractivity contribution in [2.24, 2.45) is 5.92 Å². The van der Waals surface area contributed by atoms with Gasteiger partial charge in [0, 0.05) is 0 Å². The number of hydrogen-bond donors (Lipinski definition) is 0. The standard InChI is InChI=1S/C15H17F5O2/c1-3-5-6-8(4-2)7-22-15(21)9-10(16)12(18)14(20)13(19)11(9)17/h8H,3-7H2,1-2H3. The quantitative estimate of drug-likeness (QED) is 0.313. The van der Waals surface area contributed by atoms with E-state index in [-0.39, 0.29) is 12.5 Å². The number of unbranched alkanes of at least 4 members (excludes halogenated alkanes) is 1. The highest BCUT2D eigenvalue weighted by atomic mass is 19.2. The summed E-state index contributed by atoms with van der Waals surface area (Å²) in [6.07, 6.45) is 3.24. The van der Waals surface area contributed by atoms with Gasteiger partial charge in [0.15, 0.2) is 23.3 Å². The fourth-order valence-corrected chi connectivity index (χ4v) is 1.95. The maximum Gasteiger partial charge on any atom is 0.344 e. The van der Waals surface area contributed by atoms with Crippen molar-refractivity contribution in [2.75, 3.05) is 6.61 Å². The fourth-order valence-electron chi connectivity index (χ4n) is 1.95. The Morgan fingerprint density at radius 3 is 1.91 bits per heavy atom. The third-order valence-corrected chi connectivity index (χ3v) is 3.41. The molecule has 7 heteroatoms. The summed E-state index contributed by atoms with van der Waals surface area (Å²) in [7, 11) is 0. The molecule has 0 aromatic heterocycles. The molecule has 1 unspecified atom stereocenters. The molecule has 0 aliphatic carbocycles. The van der Waals surface area contributed by atoms with Crippen molar-refractivity contribution in [3.05, 3.63) is 34.6 Å². The Bertz CT molecular complexity index is 516. The molecule has 1 atom stereocenters. The molecule has 0 N–H and O–H groups in total. The lowest BCUT2D eigenvalue weighted by Gasteiger charge is -2.15. The molecule has 0 aliphatic rings. The van der Waals surface area contributed by atoms with Crippen molar-refractivity contribution in [3.8, 4) is 0 Å². The molecule has 124 valence electrons. The van der Waals surface area contributed by atoms with Crippen LogP contribution in [-0.4, -0.2) is 12.6 Å². The van der Waals surface area contributed by atoms with Crippen molar-refractivity contribution in [1.29, 1.82) is 0 Å².